The largest absolute Gasteiger partial charge is 0.338 e. The quantitative estimate of drug-likeness (QED) is 0.578. The van der Waals surface area contributed by atoms with Crippen LogP contribution in [0.1, 0.15) is 27.7 Å². The molecule has 0 unspecified atom stereocenters. The molecule has 0 aromatic heterocycles. The number of ether oxygens (including phenoxy) is 2. The highest BCUT2D eigenvalue weighted by molar-refractivity contribution is 4.41. The molecule has 0 heterocycles. The molecule has 0 aromatic carbocycles. The first-order valence-electron chi connectivity index (χ1n) is 3.19. The Kier molecular flexibility index (Phi) is 4.72. The van der Waals surface area contributed by atoms with Crippen LogP contribution in [0.3, 0.4) is 0 Å². The Balaban J connectivity index is 2.91. The molecule has 0 spiro atoms. The fraction of sp³-hybridized carbons (Fsp3) is 0.857. The number of rotatable bonds is 4. The highest BCUT2D eigenvalue weighted by Gasteiger charge is 1.97. The summed E-state index contributed by atoms with van der Waals surface area (Å²) < 4.78 is 9.76. The summed E-state index contributed by atoms with van der Waals surface area (Å²) in [7, 11) is 0. The van der Waals surface area contributed by atoms with Gasteiger partial charge in [-0.2, -0.15) is 0 Å². The average Bonchev–Trinajstić information content (AvgIpc) is 1.63. The molecule has 0 aliphatic heterocycles. The van der Waals surface area contributed by atoms with E-state index in [2.05, 4.69) is 6.79 Å². The third kappa shape index (κ3) is 7.92. The summed E-state index contributed by atoms with van der Waals surface area (Å²) in [4.78, 5) is 0. The Morgan fingerprint density at radius 2 is 1.22 bits per heavy atom. The van der Waals surface area contributed by atoms with Gasteiger partial charge in [-0.1, -0.05) is 0 Å². The highest BCUT2D eigenvalue weighted by Crippen LogP contribution is 1.96. The van der Waals surface area contributed by atoms with Gasteiger partial charge in [-0.15, -0.1) is 0 Å². The third-order valence-corrected chi connectivity index (χ3v) is 0.568. The lowest BCUT2D eigenvalue weighted by atomic mass is 10.5. The average molecular weight is 130 g/mol. The molecule has 0 saturated heterocycles. The first-order valence-corrected chi connectivity index (χ1v) is 3.19. The minimum atomic E-state index is 0.156. The highest BCUT2D eigenvalue weighted by atomic mass is 16.7. The molecule has 0 aliphatic carbocycles. The van der Waals surface area contributed by atoms with Crippen molar-refractivity contribution in [3.8, 4) is 0 Å². The molecular weight excluding hydrogens is 116 g/mol. The molecule has 0 bridgehead atoms. The SMILES string of the molecule is CC(C)O[C]OC(C)C. The summed E-state index contributed by atoms with van der Waals surface area (Å²) in [6, 6.07) is 0. The second-order valence-electron chi connectivity index (χ2n) is 2.42. The molecule has 2 nitrogen and oxygen atoms in total. The van der Waals surface area contributed by atoms with Crippen molar-refractivity contribution < 1.29 is 9.47 Å². The Bertz CT molecular complexity index is 51.9. The van der Waals surface area contributed by atoms with Gasteiger partial charge in [-0.25, -0.2) is 0 Å². The Hall–Kier alpha value is -0.0800. The molecule has 0 fully saturated rings. The maximum Gasteiger partial charge on any atom is 0.292 e. The van der Waals surface area contributed by atoms with E-state index in [4.69, 9.17) is 9.47 Å². The van der Waals surface area contributed by atoms with Gasteiger partial charge in [-0.3, -0.25) is 0 Å². The van der Waals surface area contributed by atoms with Gasteiger partial charge in [0.25, 0.3) is 6.79 Å². The van der Waals surface area contributed by atoms with Crippen molar-refractivity contribution in [2.75, 3.05) is 0 Å². The summed E-state index contributed by atoms with van der Waals surface area (Å²) in [6.07, 6.45) is 0.312. The van der Waals surface area contributed by atoms with Crippen LogP contribution in [0.2, 0.25) is 0 Å². The minimum Gasteiger partial charge on any atom is -0.338 e. The van der Waals surface area contributed by atoms with E-state index in [1.54, 1.807) is 0 Å². The molecule has 0 aromatic rings. The monoisotopic (exact) mass is 130 g/mol. The van der Waals surface area contributed by atoms with Crippen molar-refractivity contribution >= 4 is 0 Å². The van der Waals surface area contributed by atoms with Crippen molar-refractivity contribution in [3.05, 3.63) is 6.79 Å². The summed E-state index contributed by atoms with van der Waals surface area (Å²) in [5, 5.41) is 0. The van der Waals surface area contributed by atoms with Gasteiger partial charge in [0.2, 0.25) is 0 Å². The second kappa shape index (κ2) is 4.77. The van der Waals surface area contributed by atoms with Crippen LogP contribution in [0.4, 0.5) is 0 Å². The van der Waals surface area contributed by atoms with Crippen LogP contribution in [-0.4, -0.2) is 12.2 Å². The second-order valence-corrected chi connectivity index (χ2v) is 2.42. The van der Waals surface area contributed by atoms with Crippen LogP contribution >= 0.6 is 0 Å². The standard InChI is InChI=1S/C7H14O2/c1-6(2)8-5-9-7(3)4/h6-7H,1-4H3. The van der Waals surface area contributed by atoms with Crippen LogP contribution in [0.5, 0.6) is 0 Å². The molecule has 0 N–H and O–H groups in total. The lowest BCUT2D eigenvalue weighted by molar-refractivity contribution is -0.0310. The maximum absolute atomic E-state index is 4.88. The van der Waals surface area contributed by atoms with Gasteiger partial charge >= 0.3 is 0 Å². The molecule has 0 saturated carbocycles. The van der Waals surface area contributed by atoms with Gasteiger partial charge in [0, 0.05) is 0 Å². The van der Waals surface area contributed by atoms with E-state index in [1.165, 1.54) is 0 Å². The zero-order valence-corrected chi connectivity index (χ0v) is 6.47. The van der Waals surface area contributed by atoms with Crippen LogP contribution in [0.25, 0.3) is 0 Å². The van der Waals surface area contributed by atoms with Crippen LogP contribution < -0.4 is 0 Å². The van der Waals surface area contributed by atoms with E-state index >= 15 is 0 Å². The molecular formula is C7H14O2. The summed E-state index contributed by atoms with van der Waals surface area (Å²) in [5.41, 5.74) is 0. The van der Waals surface area contributed by atoms with Gasteiger partial charge in [0.15, 0.2) is 0 Å². The van der Waals surface area contributed by atoms with Crippen molar-refractivity contribution in [2.45, 2.75) is 39.9 Å². The van der Waals surface area contributed by atoms with E-state index in [0.29, 0.717) is 0 Å². The molecule has 0 amide bonds. The number of hydrogen-bond donors (Lipinski definition) is 0. The van der Waals surface area contributed by atoms with Crippen molar-refractivity contribution in [1.29, 1.82) is 0 Å². The Morgan fingerprint density at radius 1 is 0.889 bits per heavy atom. The predicted molar refractivity (Wildman–Crippen MR) is 35.7 cm³/mol. The molecule has 2 heteroatoms. The van der Waals surface area contributed by atoms with Gasteiger partial charge in [0.05, 0.1) is 12.2 Å². The van der Waals surface area contributed by atoms with Gasteiger partial charge < -0.3 is 9.47 Å². The molecule has 54 valence electrons. The molecule has 2 radical (unpaired) electrons. The fourth-order valence-electron chi connectivity index (χ4n) is 0.220. The lowest BCUT2D eigenvalue weighted by Gasteiger charge is -2.07. The van der Waals surface area contributed by atoms with Gasteiger partial charge in [0.1, 0.15) is 0 Å². The third-order valence-electron chi connectivity index (χ3n) is 0.568. The van der Waals surface area contributed by atoms with E-state index in [0.717, 1.165) is 0 Å². The first kappa shape index (κ1) is 8.92. The van der Waals surface area contributed by atoms with Crippen molar-refractivity contribution in [3.63, 3.8) is 0 Å². The van der Waals surface area contributed by atoms with Crippen LogP contribution in [0.15, 0.2) is 0 Å². The predicted octanol–water partition coefficient (Wildman–Crippen LogP) is 1.83. The normalized spacial score (nSPS) is 11.3. The lowest BCUT2D eigenvalue weighted by Crippen LogP contribution is -2.06. The van der Waals surface area contributed by atoms with E-state index < -0.39 is 0 Å². The van der Waals surface area contributed by atoms with Crippen LogP contribution in [-0.2, 0) is 9.47 Å². The summed E-state index contributed by atoms with van der Waals surface area (Å²) in [6.45, 7) is 10.1. The van der Waals surface area contributed by atoms with Crippen molar-refractivity contribution in [2.24, 2.45) is 0 Å². The molecule has 0 aliphatic rings. The fourth-order valence-corrected chi connectivity index (χ4v) is 0.220. The van der Waals surface area contributed by atoms with E-state index in [9.17, 15) is 0 Å². The smallest absolute Gasteiger partial charge is 0.292 e. The molecule has 9 heavy (non-hydrogen) atoms. The Labute approximate surface area is 57.2 Å². The van der Waals surface area contributed by atoms with Crippen LogP contribution in [0, 0.1) is 6.79 Å². The van der Waals surface area contributed by atoms with Gasteiger partial charge in [-0.05, 0) is 27.7 Å². The van der Waals surface area contributed by atoms with Crippen molar-refractivity contribution in [1.82, 2.24) is 0 Å². The van der Waals surface area contributed by atoms with E-state index in [1.807, 2.05) is 27.7 Å². The Morgan fingerprint density at radius 3 is 1.44 bits per heavy atom. The zero-order chi connectivity index (χ0) is 7.28. The first-order chi connectivity index (χ1) is 4.13. The molecule has 0 atom stereocenters. The molecule has 0 rings (SSSR count). The zero-order valence-electron chi connectivity index (χ0n) is 6.47. The minimum absolute atomic E-state index is 0.156. The summed E-state index contributed by atoms with van der Waals surface area (Å²) >= 11 is 0. The maximum atomic E-state index is 4.88. The summed E-state index contributed by atoms with van der Waals surface area (Å²) in [5.74, 6) is 0. The topological polar surface area (TPSA) is 18.5 Å². The van der Waals surface area contributed by atoms with E-state index in [-0.39, 0.29) is 12.2 Å². The number of hydrogen-bond acceptors (Lipinski definition) is 2.